The van der Waals surface area contributed by atoms with Gasteiger partial charge in [-0.1, -0.05) is 27.7 Å². The molecule has 0 aromatic rings. The van der Waals surface area contributed by atoms with E-state index in [4.69, 9.17) is 5.11 Å². The maximum atomic E-state index is 12.4. The van der Waals surface area contributed by atoms with Crippen molar-refractivity contribution in [1.82, 2.24) is 9.80 Å². The standard InChI is InChI=1S/C14H28N2O3/c1-8-16(9-10(2)12(17)18)13(19)15(7)11(3)14(4,5)6/h10-11H,8-9H2,1-7H3,(H,17,18). The molecule has 2 atom stereocenters. The summed E-state index contributed by atoms with van der Waals surface area (Å²) in [6.45, 7) is 12.5. The number of rotatable bonds is 5. The maximum absolute atomic E-state index is 12.4. The average Bonchev–Trinajstić information content (AvgIpc) is 2.31. The molecule has 112 valence electrons. The SMILES string of the molecule is CCN(CC(C)C(=O)O)C(=O)N(C)C(C)C(C)(C)C. The van der Waals surface area contributed by atoms with Gasteiger partial charge in [0.2, 0.25) is 0 Å². The molecule has 5 nitrogen and oxygen atoms in total. The van der Waals surface area contributed by atoms with Gasteiger partial charge >= 0.3 is 12.0 Å². The zero-order valence-corrected chi connectivity index (χ0v) is 13.2. The smallest absolute Gasteiger partial charge is 0.320 e. The lowest BCUT2D eigenvalue weighted by molar-refractivity contribution is -0.141. The molecule has 19 heavy (non-hydrogen) atoms. The molecule has 2 amide bonds. The van der Waals surface area contributed by atoms with Crippen LogP contribution in [0.1, 0.15) is 41.5 Å². The lowest BCUT2D eigenvalue weighted by Gasteiger charge is -2.38. The fourth-order valence-corrected chi connectivity index (χ4v) is 1.72. The quantitative estimate of drug-likeness (QED) is 0.836. The Hall–Kier alpha value is -1.26. The van der Waals surface area contributed by atoms with Gasteiger partial charge in [0.1, 0.15) is 0 Å². The summed E-state index contributed by atoms with van der Waals surface area (Å²) in [6, 6.07) is -0.0350. The number of carboxylic acid groups (broad SMARTS) is 1. The minimum absolute atomic E-state index is 0.0117. The molecule has 0 spiro atoms. The molecular weight excluding hydrogens is 244 g/mol. The summed E-state index contributed by atoms with van der Waals surface area (Å²) in [5, 5.41) is 8.93. The number of aliphatic carboxylic acids is 1. The average molecular weight is 272 g/mol. The normalized spacial score (nSPS) is 14.7. The fraction of sp³-hybridized carbons (Fsp3) is 0.857. The molecule has 0 radical (unpaired) electrons. The van der Waals surface area contributed by atoms with E-state index in [0.29, 0.717) is 6.54 Å². The van der Waals surface area contributed by atoms with E-state index in [9.17, 15) is 9.59 Å². The van der Waals surface area contributed by atoms with Gasteiger partial charge in [0.25, 0.3) is 0 Å². The lowest BCUT2D eigenvalue weighted by Crippen LogP contribution is -2.50. The summed E-state index contributed by atoms with van der Waals surface area (Å²) in [5.41, 5.74) is -0.0117. The third kappa shape index (κ3) is 5.09. The van der Waals surface area contributed by atoms with Crippen LogP contribution in [0.2, 0.25) is 0 Å². The van der Waals surface area contributed by atoms with Crippen molar-refractivity contribution in [1.29, 1.82) is 0 Å². The van der Waals surface area contributed by atoms with Crippen molar-refractivity contribution < 1.29 is 14.7 Å². The molecule has 0 saturated heterocycles. The number of hydrogen-bond acceptors (Lipinski definition) is 2. The first-order valence-corrected chi connectivity index (χ1v) is 6.76. The number of urea groups is 1. The van der Waals surface area contributed by atoms with Crippen LogP contribution in [0.25, 0.3) is 0 Å². The zero-order valence-electron chi connectivity index (χ0n) is 13.2. The molecule has 0 bridgehead atoms. The topological polar surface area (TPSA) is 60.9 Å². The second-order valence-corrected chi connectivity index (χ2v) is 6.21. The largest absolute Gasteiger partial charge is 0.481 e. The van der Waals surface area contributed by atoms with Crippen molar-refractivity contribution in [2.45, 2.75) is 47.6 Å². The van der Waals surface area contributed by atoms with E-state index in [-0.39, 0.29) is 24.0 Å². The Kier molecular flexibility index (Phi) is 6.33. The monoisotopic (exact) mass is 272 g/mol. The van der Waals surface area contributed by atoms with Crippen LogP contribution in [-0.4, -0.2) is 53.1 Å². The molecular formula is C14H28N2O3. The van der Waals surface area contributed by atoms with Crippen LogP contribution in [0.4, 0.5) is 4.79 Å². The van der Waals surface area contributed by atoms with Gasteiger partial charge in [-0.25, -0.2) is 4.79 Å². The Morgan fingerprint density at radius 3 is 2.00 bits per heavy atom. The molecule has 0 aliphatic rings. The number of carbonyl (C=O) groups is 2. The molecule has 0 aliphatic carbocycles. The number of nitrogens with zero attached hydrogens (tertiary/aromatic N) is 2. The van der Waals surface area contributed by atoms with Crippen LogP contribution in [-0.2, 0) is 4.79 Å². The molecule has 2 unspecified atom stereocenters. The molecule has 5 heteroatoms. The lowest BCUT2D eigenvalue weighted by atomic mass is 9.87. The van der Waals surface area contributed by atoms with Crippen LogP contribution in [0.15, 0.2) is 0 Å². The van der Waals surface area contributed by atoms with E-state index >= 15 is 0 Å². The van der Waals surface area contributed by atoms with Crippen molar-refractivity contribution in [2.75, 3.05) is 20.1 Å². The van der Waals surface area contributed by atoms with E-state index in [1.807, 2.05) is 13.8 Å². The fourth-order valence-electron chi connectivity index (χ4n) is 1.72. The van der Waals surface area contributed by atoms with Crippen molar-refractivity contribution in [3.63, 3.8) is 0 Å². The van der Waals surface area contributed by atoms with E-state index < -0.39 is 11.9 Å². The van der Waals surface area contributed by atoms with Crippen LogP contribution in [0.5, 0.6) is 0 Å². The first kappa shape index (κ1) is 17.7. The molecule has 0 fully saturated rings. The van der Waals surface area contributed by atoms with E-state index in [2.05, 4.69) is 20.8 Å². The molecule has 1 N–H and O–H groups in total. The summed E-state index contributed by atoms with van der Waals surface area (Å²) < 4.78 is 0. The summed E-state index contributed by atoms with van der Waals surface area (Å²) in [6.07, 6.45) is 0. The van der Waals surface area contributed by atoms with Crippen molar-refractivity contribution in [3.05, 3.63) is 0 Å². The van der Waals surface area contributed by atoms with Gasteiger partial charge in [0, 0.05) is 26.2 Å². The molecule has 0 aliphatic heterocycles. The minimum Gasteiger partial charge on any atom is -0.481 e. The van der Waals surface area contributed by atoms with Gasteiger partial charge in [-0.3, -0.25) is 4.79 Å². The molecule has 0 aromatic carbocycles. The van der Waals surface area contributed by atoms with Crippen molar-refractivity contribution in [2.24, 2.45) is 11.3 Å². The van der Waals surface area contributed by atoms with Gasteiger partial charge < -0.3 is 14.9 Å². The van der Waals surface area contributed by atoms with Gasteiger partial charge in [-0.15, -0.1) is 0 Å². The first-order chi connectivity index (χ1) is 8.52. The highest BCUT2D eigenvalue weighted by Crippen LogP contribution is 2.23. The van der Waals surface area contributed by atoms with Gasteiger partial charge in [0.15, 0.2) is 0 Å². The van der Waals surface area contributed by atoms with Crippen LogP contribution < -0.4 is 0 Å². The second-order valence-electron chi connectivity index (χ2n) is 6.21. The van der Waals surface area contributed by atoms with Gasteiger partial charge in [-0.2, -0.15) is 0 Å². The highest BCUT2D eigenvalue weighted by atomic mass is 16.4. The third-order valence-corrected chi connectivity index (χ3v) is 3.70. The Morgan fingerprint density at radius 2 is 1.68 bits per heavy atom. The Balaban J connectivity index is 4.80. The summed E-state index contributed by atoms with van der Waals surface area (Å²) in [4.78, 5) is 26.5. The van der Waals surface area contributed by atoms with E-state index in [1.165, 1.54) is 0 Å². The number of hydrogen-bond donors (Lipinski definition) is 1. The predicted molar refractivity (Wildman–Crippen MR) is 76.1 cm³/mol. The Morgan fingerprint density at radius 1 is 1.21 bits per heavy atom. The van der Waals surface area contributed by atoms with E-state index in [1.54, 1.807) is 23.8 Å². The van der Waals surface area contributed by atoms with Crippen LogP contribution in [0.3, 0.4) is 0 Å². The predicted octanol–water partition coefficient (Wildman–Crippen LogP) is 2.52. The van der Waals surface area contributed by atoms with Crippen LogP contribution >= 0.6 is 0 Å². The minimum atomic E-state index is -0.877. The zero-order chi connectivity index (χ0) is 15.4. The molecule has 0 saturated carbocycles. The summed E-state index contributed by atoms with van der Waals surface area (Å²) in [7, 11) is 1.77. The molecule has 0 heterocycles. The third-order valence-electron chi connectivity index (χ3n) is 3.70. The van der Waals surface area contributed by atoms with Crippen LogP contribution in [0, 0.1) is 11.3 Å². The molecule has 0 aromatic heterocycles. The maximum Gasteiger partial charge on any atom is 0.320 e. The van der Waals surface area contributed by atoms with Gasteiger partial charge in [0.05, 0.1) is 5.92 Å². The van der Waals surface area contributed by atoms with E-state index in [0.717, 1.165) is 0 Å². The Labute approximate surface area is 116 Å². The van der Waals surface area contributed by atoms with Gasteiger partial charge in [-0.05, 0) is 19.3 Å². The Bertz CT molecular complexity index is 323. The number of carbonyl (C=O) groups excluding carboxylic acids is 1. The van der Waals surface area contributed by atoms with Crippen molar-refractivity contribution in [3.8, 4) is 0 Å². The second kappa shape index (κ2) is 6.78. The van der Waals surface area contributed by atoms with Crippen molar-refractivity contribution >= 4 is 12.0 Å². The first-order valence-electron chi connectivity index (χ1n) is 6.76. The highest BCUT2D eigenvalue weighted by molar-refractivity contribution is 5.76. The number of carboxylic acids is 1. The summed E-state index contributed by atoms with van der Waals surface area (Å²) >= 11 is 0. The molecule has 0 rings (SSSR count). The number of amides is 2. The summed E-state index contributed by atoms with van der Waals surface area (Å²) in [5.74, 6) is -1.43. The highest BCUT2D eigenvalue weighted by Gasteiger charge is 2.30.